The predicted molar refractivity (Wildman–Crippen MR) is 103 cm³/mol. The van der Waals surface area contributed by atoms with Gasteiger partial charge in [-0.1, -0.05) is 29.8 Å². The first-order chi connectivity index (χ1) is 13.4. The number of imide groups is 1. The summed E-state index contributed by atoms with van der Waals surface area (Å²) in [5.74, 6) is -1.29. The Morgan fingerprint density at radius 3 is 2.68 bits per heavy atom. The number of hydrogen-bond donors (Lipinski definition) is 1. The largest absolute Gasteiger partial charge is 0.449 e. The second-order valence-corrected chi connectivity index (χ2v) is 6.53. The molecule has 1 fully saturated rings. The summed E-state index contributed by atoms with van der Waals surface area (Å²) in [5, 5.41) is 7.26. The molecule has 1 aromatic carbocycles. The molecule has 9 heteroatoms. The predicted octanol–water partition coefficient (Wildman–Crippen LogP) is 2.33. The molecule has 2 aromatic rings. The van der Waals surface area contributed by atoms with Gasteiger partial charge in [-0.2, -0.15) is 5.10 Å². The van der Waals surface area contributed by atoms with E-state index in [0.717, 1.165) is 10.6 Å². The number of aromatic nitrogens is 2. The Hall–Kier alpha value is -3.13. The molecule has 0 aliphatic carbocycles. The highest BCUT2D eigenvalue weighted by Gasteiger charge is 2.31. The van der Waals surface area contributed by atoms with E-state index in [1.165, 1.54) is 19.1 Å². The van der Waals surface area contributed by atoms with E-state index in [2.05, 4.69) is 10.4 Å². The Morgan fingerprint density at radius 1 is 1.32 bits per heavy atom. The van der Waals surface area contributed by atoms with Gasteiger partial charge in [-0.05, 0) is 32.1 Å². The maximum absolute atomic E-state index is 12.2. The normalized spacial score (nSPS) is 15.0. The van der Waals surface area contributed by atoms with Gasteiger partial charge in [0.2, 0.25) is 0 Å². The quantitative estimate of drug-likeness (QED) is 0.612. The Morgan fingerprint density at radius 2 is 2.04 bits per heavy atom. The fraction of sp³-hybridized carbons (Fsp3) is 0.263. The number of halogens is 1. The van der Waals surface area contributed by atoms with Gasteiger partial charge in [-0.15, -0.1) is 0 Å². The summed E-state index contributed by atoms with van der Waals surface area (Å²) in [4.78, 5) is 36.8. The maximum atomic E-state index is 12.2. The van der Waals surface area contributed by atoms with Gasteiger partial charge >= 0.3 is 12.0 Å². The Labute approximate surface area is 166 Å². The minimum Gasteiger partial charge on any atom is -0.449 e. The third-order valence-electron chi connectivity index (χ3n) is 4.20. The first-order valence-electron chi connectivity index (χ1n) is 8.67. The van der Waals surface area contributed by atoms with Crippen molar-refractivity contribution in [3.8, 4) is 5.69 Å². The van der Waals surface area contributed by atoms with E-state index in [1.54, 1.807) is 11.6 Å². The molecule has 0 unspecified atom stereocenters. The molecule has 1 aromatic heterocycles. The van der Waals surface area contributed by atoms with Gasteiger partial charge in [0.05, 0.1) is 11.4 Å². The molecular weight excluding hydrogens is 384 g/mol. The molecule has 1 atom stereocenters. The Kier molecular flexibility index (Phi) is 5.79. The Bertz CT molecular complexity index is 939. The fourth-order valence-corrected chi connectivity index (χ4v) is 3.09. The van der Waals surface area contributed by atoms with E-state index < -0.39 is 24.0 Å². The van der Waals surface area contributed by atoms with Crippen LogP contribution >= 0.6 is 11.6 Å². The lowest BCUT2D eigenvalue weighted by atomic mass is 10.2. The molecule has 1 saturated heterocycles. The second kappa shape index (κ2) is 8.26. The standard InChI is InChI=1S/C19H19ClN4O4/c1-12-15(17(20)24(22-12)14-6-4-3-5-7-14)8-9-16(25)28-13(2)18(26)23-11-10-21-19(23)27/h3-9,13H,10-11H2,1-2H3,(H,21,27)/b9-8+/t13-/m1/s1. The number of nitrogens with zero attached hydrogens (tertiary/aromatic N) is 3. The summed E-state index contributed by atoms with van der Waals surface area (Å²) < 4.78 is 6.67. The fourth-order valence-electron chi connectivity index (χ4n) is 2.76. The number of ether oxygens (including phenoxy) is 1. The van der Waals surface area contributed by atoms with E-state index in [-0.39, 0.29) is 6.54 Å². The van der Waals surface area contributed by atoms with Crippen LogP contribution in [0.2, 0.25) is 5.15 Å². The third-order valence-corrected chi connectivity index (χ3v) is 4.56. The van der Waals surface area contributed by atoms with Gasteiger partial charge in [0.15, 0.2) is 6.10 Å². The highest BCUT2D eigenvalue weighted by Crippen LogP contribution is 2.24. The number of amides is 3. The Balaban J connectivity index is 1.68. The van der Waals surface area contributed by atoms with Crippen LogP contribution in [-0.4, -0.2) is 51.8 Å². The van der Waals surface area contributed by atoms with Crippen molar-refractivity contribution in [2.75, 3.05) is 13.1 Å². The zero-order valence-corrected chi connectivity index (χ0v) is 16.1. The zero-order chi connectivity index (χ0) is 20.3. The summed E-state index contributed by atoms with van der Waals surface area (Å²) in [5.41, 5.74) is 2.00. The van der Waals surface area contributed by atoms with Crippen LogP contribution in [-0.2, 0) is 14.3 Å². The second-order valence-electron chi connectivity index (χ2n) is 6.17. The van der Waals surface area contributed by atoms with Crippen molar-refractivity contribution in [2.45, 2.75) is 20.0 Å². The topological polar surface area (TPSA) is 93.5 Å². The maximum Gasteiger partial charge on any atom is 0.331 e. The number of carbonyl (C=O) groups excluding carboxylic acids is 3. The minimum atomic E-state index is -1.08. The van der Waals surface area contributed by atoms with Crippen LogP contribution in [0.25, 0.3) is 11.8 Å². The van der Waals surface area contributed by atoms with Gasteiger partial charge in [-0.25, -0.2) is 14.3 Å². The summed E-state index contributed by atoms with van der Waals surface area (Å²) in [6.07, 6.45) is 1.59. The SMILES string of the molecule is Cc1nn(-c2ccccc2)c(Cl)c1/C=C/C(=O)O[C@H](C)C(=O)N1CCNC1=O. The van der Waals surface area contributed by atoms with Crippen LogP contribution in [0, 0.1) is 6.92 Å². The summed E-state index contributed by atoms with van der Waals surface area (Å²) in [6.45, 7) is 3.83. The number of aryl methyl sites for hydroxylation is 1. The smallest absolute Gasteiger partial charge is 0.331 e. The van der Waals surface area contributed by atoms with Crippen LogP contribution in [0.4, 0.5) is 4.79 Å². The molecule has 0 spiro atoms. The average Bonchev–Trinajstić information content (AvgIpc) is 3.23. The molecule has 0 saturated carbocycles. The highest BCUT2D eigenvalue weighted by molar-refractivity contribution is 6.31. The van der Waals surface area contributed by atoms with E-state index in [1.807, 2.05) is 30.3 Å². The first-order valence-corrected chi connectivity index (χ1v) is 9.04. The number of benzene rings is 1. The van der Waals surface area contributed by atoms with E-state index >= 15 is 0 Å². The lowest BCUT2D eigenvalue weighted by Crippen LogP contribution is -2.41. The van der Waals surface area contributed by atoms with Gasteiger partial charge in [-0.3, -0.25) is 9.69 Å². The molecule has 1 aliphatic heterocycles. The van der Waals surface area contributed by atoms with Crippen molar-refractivity contribution >= 4 is 35.6 Å². The van der Waals surface area contributed by atoms with Crippen molar-refractivity contribution in [2.24, 2.45) is 0 Å². The van der Waals surface area contributed by atoms with Crippen LogP contribution in [0.1, 0.15) is 18.2 Å². The number of urea groups is 1. The summed E-state index contributed by atoms with van der Waals surface area (Å²) in [7, 11) is 0. The highest BCUT2D eigenvalue weighted by atomic mass is 35.5. The van der Waals surface area contributed by atoms with Gasteiger partial charge in [0.1, 0.15) is 5.15 Å². The van der Waals surface area contributed by atoms with E-state index in [9.17, 15) is 14.4 Å². The first kappa shape index (κ1) is 19.6. The molecule has 0 radical (unpaired) electrons. The van der Waals surface area contributed by atoms with Crippen molar-refractivity contribution in [3.05, 3.63) is 52.8 Å². The van der Waals surface area contributed by atoms with Crippen molar-refractivity contribution in [1.29, 1.82) is 0 Å². The number of rotatable bonds is 5. The molecule has 146 valence electrons. The number of hydrogen-bond acceptors (Lipinski definition) is 5. The van der Waals surface area contributed by atoms with Crippen LogP contribution in [0.15, 0.2) is 36.4 Å². The van der Waals surface area contributed by atoms with Crippen molar-refractivity contribution in [1.82, 2.24) is 20.0 Å². The van der Waals surface area contributed by atoms with Gasteiger partial charge < -0.3 is 10.1 Å². The minimum absolute atomic E-state index is 0.253. The number of nitrogens with one attached hydrogen (secondary N) is 1. The molecular formula is C19H19ClN4O4. The average molecular weight is 403 g/mol. The lowest BCUT2D eigenvalue weighted by Gasteiger charge is -2.17. The third kappa shape index (κ3) is 4.07. The molecule has 3 rings (SSSR count). The molecule has 2 heterocycles. The molecule has 3 amide bonds. The lowest BCUT2D eigenvalue weighted by molar-refractivity contribution is -0.153. The van der Waals surface area contributed by atoms with Crippen molar-refractivity contribution < 1.29 is 19.1 Å². The number of esters is 1. The monoisotopic (exact) mass is 402 g/mol. The molecule has 28 heavy (non-hydrogen) atoms. The van der Waals surface area contributed by atoms with E-state index in [4.69, 9.17) is 16.3 Å². The molecule has 1 aliphatic rings. The molecule has 0 bridgehead atoms. The molecule has 8 nitrogen and oxygen atoms in total. The van der Waals surface area contributed by atoms with Gasteiger partial charge in [0, 0.05) is 24.7 Å². The van der Waals surface area contributed by atoms with Crippen LogP contribution in [0.5, 0.6) is 0 Å². The van der Waals surface area contributed by atoms with E-state index in [0.29, 0.717) is 23.0 Å². The van der Waals surface area contributed by atoms with Crippen LogP contribution < -0.4 is 5.32 Å². The number of carbonyl (C=O) groups is 3. The zero-order valence-electron chi connectivity index (χ0n) is 15.4. The number of para-hydroxylation sites is 1. The molecule has 1 N–H and O–H groups in total. The summed E-state index contributed by atoms with van der Waals surface area (Å²) >= 11 is 6.40. The summed E-state index contributed by atoms with van der Waals surface area (Å²) in [6, 6.07) is 8.87. The van der Waals surface area contributed by atoms with Crippen LogP contribution in [0.3, 0.4) is 0 Å². The van der Waals surface area contributed by atoms with Gasteiger partial charge in [0.25, 0.3) is 5.91 Å². The van der Waals surface area contributed by atoms with Crippen molar-refractivity contribution in [3.63, 3.8) is 0 Å².